The molecule has 1 unspecified atom stereocenters. The summed E-state index contributed by atoms with van der Waals surface area (Å²) in [6, 6.07) is 9.79. The Morgan fingerprint density at radius 1 is 1.35 bits per heavy atom. The van der Waals surface area contributed by atoms with Crippen LogP contribution in [0.15, 0.2) is 41.0 Å². The van der Waals surface area contributed by atoms with Crippen molar-refractivity contribution in [1.29, 1.82) is 0 Å². The third-order valence-electron chi connectivity index (χ3n) is 3.64. The minimum atomic E-state index is 0.0391. The van der Waals surface area contributed by atoms with E-state index in [1.54, 1.807) is 12.3 Å². The molecular weight excluding hydrogens is 320 g/mol. The van der Waals surface area contributed by atoms with E-state index >= 15 is 0 Å². The highest BCUT2D eigenvalue weighted by Gasteiger charge is 2.29. The average molecular weight is 335 g/mol. The first-order valence-corrected chi connectivity index (χ1v) is 7.27. The second kappa shape index (κ2) is 5.42. The summed E-state index contributed by atoms with van der Waals surface area (Å²) < 4.78 is 0.749. The Labute approximate surface area is 125 Å². The molecule has 2 heterocycles. The molecule has 0 amide bonds. The molecule has 1 aromatic carbocycles. The summed E-state index contributed by atoms with van der Waals surface area (Å²) in [6.07, 6.45) is 2.49. The topological polar surface area (TPSA) is 56.6 Å². The van der Waals surface area contributed by atoms with E-state index in [1.165, 1.54) is 5.56 Å². The number of hydrogen-bond donors (Lipinski definition) is 2. The van der Waals surface area contributed by atoms with Crippen LogP contribution in [0.4, 0.5) is 5.69 Å². The highest BCUT2D eigenvalue weighted by Crippen LogP contribution is 2.34. The van der Waals surface area contributed by atoms with E-state index in [0.29, 0.717) is 12.2 Å². The number of fused-ring (bicyclic) bond motifs is 1. The van der Waals surface area contributed by atoms with Crippen LogP contribution in [-0.2, 0) is 13.0 Å². The molecule has 0 saturated carbocycles. The van der Waals surface area contributed by atoms with Crippen LogP contribution < -0.4 is 4.90 Å². The number of aliphatic hydroxyl groups excluding tert-OH is 1. The third-order valence-corrected chi connectivity index (χ3v) is 4.08. The van der Waals surface area contributed by atoms with E-state index in [4.69, 9.17) is 0 Å². The van der Waals surface area contributed by atoms with E-state index in [1.807, 2.05) is 18.2 Å². The Balaban J connectivity index is 1.92. The molecule has 104 valence electrons. The zero-order valence-electron chi connectivity index (χ0n) is 10.8. The van der Waals surface area contributed by atoms with Gasteiger partial charge in [0.25, 0.3) is 0 Å². The van der Waals surface area contributed by atoms with Crippen LogP contribution in [0.25, 0.3) is 0 Å². The summed E-state index contributed by atoms with van der Waals surface area (Å²) in [5.41, 5.74) is 2.95. The molecule has 1 aliphatic rings. The Morgan fingerprint density at radius 3 is 2.90 bits per heavy atom. The predicted molar refractivity (Wildman–Crippen MR) is 80.8 cm³/mol. The molecule has 1 aliphatic heterocycles. The highest BCUT2D eigenvalue weighted by molar-refractivity contribution is 9.10. The van der Waals surface area contributed by atoms with Gasteiger partial charge in [0.1, 0.15) is 11.4 Å². The standard InChI is InChI=1S/C15H15BrN2O2/c16-11-6-15(20)13(17-7-11)8-18-12(9-19)5-10-3-1-2-4-14(10)18/h1-4,6-7,12,19-20H,5,8-9H2. The van der Waals surface area contributed by atoms with E-state index in [2.05, 4.69) is 31.9 Å². The Kier molecular flexibility index (Phi) is 3.63. The Morgan fingerprint density at radius 2 is 2.15 bits per heavy atom. The monoisotopic (exact) mass is 334 g/mol. The lowest BCUT2D eigenvalue weighted by Crippen LogP contribution is -2.34. The third kappa shape index (κ3) is 2.39. The van der Waals surface area contributed by atoms with E-state index < -0.39 is 0 Å². The molecule has 0 saturated heterocycles. The quantitative estimate of drug-likeness (QED) is 0.905. The normalized spacial score (nSPS) is 17.3. The second-order valence-corrected chi connectivity index (χ2v) is 5.83. The van der Waals surface area contributed by atoms with Crippen molar-refractivity contribution in [3.8, 4) is 5.75 Å². The van der Waals surface area contributed by atoms with Crippen LogP contribution in [0, 0.1) is 0 Å². The van der Waals surface area contributed by atoms with Gasteiger partial charge in [-0.25, -0.2) is 0 Å². The number of hydrogen-bond acceptors (Lipinski definition) is 4. The number of nitrogens with zero attached hydrogens (tertiary/aromatic N) is 2. The van der Waals surface area contributed by atoms with Gasteiger partial charge in [0, 0.05) is 16.4 Å². The van der Waals surface area contributed by atoms with Gasteiger partial charge in [0.15, 0.2) is 0 Å². The van der Waals surface area contributed by atoms with E-state index in [0.717, 1.165) is 16.6 Å². The maximum Gasteiger partial charge on any atom is 0.140 e. The number of para-hydroxylation sites is 1. The summed E-state index contributed by atoms with van der Waals surface area (Å²) in [5, 5.41) is 19.5. The zero-order chi connectivity index (χ0) is 14.1. The van der Waals surface area contributed by atoms with Gasteiger partial charge in [0.2, 0.25) is 0 Å². The minimum Gasteiger partial charge on any atom is -0.506 e. The maximum atomic E-state index is 9.98. The number of aliphatic hydroxyl groups is 1. The van der Waals surface area contributed by atoms with Gasteiger partial charge in [-0.1, -0.05) is 18.2 Å². The van der Waals surface area contributed by atoms with E-state index in [9.17, 15) is 10.2 Å². The summed E-state index contributed by atoms with van der Waals surface area (Å²) in [6.45, 7) is 0.577. The Hall–Kier alpha value is -1.59. The predicted octanol–water partition coefficient (Wildman–Crippen LogP) is 2.47. The molecule has 2 N–H and O–H groups in total. The summed E-state index contributed by atoms with van der Waals surface area (Å²) in [5.74, 6) is 0.167. The van der Waals surface area contributed by atoms with Crippen LogP contribution in [0.3, 0.4) is 0 Å². The molecule has 0 radical (unpaired) electrons. The van der Waals surface area contributed by atoms with E-state index in [-0.39, 0.29) is 18.4 Å². The number of aromatic hydroxyl groups is 1. The number of rotatable bonds is 3. The van der Waals surface area contributed by atoms with Gasteiger partial charge in [-0.2, -0.15) is 0 Å². The largest absolute Gasteiger partial charge is 0.506 e. The highest BCUT2D eigenvalue weighted by atomic mass is 79.9. The first-order chi connectivity index (χ1) is 9.69. The first kappa shape index (κ1) is 13.4. The van der Waals surface area contributed by atoms with Crippen molar-refractivity contribution in [2.24, 2.45) is 0 Å². The molecule has 4 nitrogen and oxygen atoms in total. The minimum absolute atomic E-state index is 0.0391. The molecule has 0 aliphatic carbocycles. The van der Waals surface area contributed by atoms with Crippen molar-refractivity contribution < 1.29 is 10.2 Å². The SMILES string of the molecule is OCC1Cc2ccccc2N1Cc1ncc(Br)cc1O. The van der Waals surface area contributed by atoms with Gasteiger partial charge in [-0.15, -0.1) is 0 Å². The lowest BCUT2D eigenvalue weighted by Gasteiger charge is -2.26. The number of anilines is 1. The van der Waals surface area contributed by atoms with Crippen LogP contribution in [0.1, 0.15) is 11.3 Å². The van der Waals surface area contributed by atoms with Crippen molar-refractivity contribution in [3.05, 3.63) is 52.3 Å². The van der Waals surface area contributed by atoms with Gasteiger partial charge < -0.3 is 15.1 Å². The molecule has 5 heteroatoms. The number of halogens is 1. The number of benzene rings is 1. The molecule has 3 rings (SSSR count). The van der Waals surface area contributed by atoms with Crippen molar-refractivity contribution in [3.63, 3.8) is 0 Å². The van der Waals surface area contributed by atoms with Crippen molar-refractivity contribution >= 4 is 21.6 Å². The molecule has 0 bridgehead atoms. The molecule has 2 aromatic rings. The smallest absolute Gasteiger partial charge is 0.140 e. The summed E-state index contributed by atoms with van der Waals surface area (Å²) >= 11 is 3.28. The molecule has 1 aromatic heterocycles. The second-order valence-electron chi connectivity index (χ2n) is 4.92. The lowest BCUT2D eigenvalue weighted by molar-refractivity contribution is 0.262. The molecule has 20 heavy (non-hydrogen) atoms. The summed E-state index contributed by atoms with van der Waals surface area (Å²) in [4.78, 5) is 6.37. The van der Waals surface area contributed by atoms with Gasteiger partial charge in [0.05, 0.1) is 19.2 Å². The maximum absolute atomic E-state index is 9.98. The van der Waals surface area contributed by atoms with Crippen LogP contribution >= 0.6 is 15.9 Å². The lowest BCUT2D eigenvalue weighted by atomic mass is 10.1. The number of pyridine rings is 1. The van der Waals surface area contributed by atoms with Crippen molar-refractivity contribution in [2.75, 3.05) is 11.5 Å². The fourth-order valence-electron chi connectivity index (χ4n) is 2.64. The molecular formula is C15H15BrN2O2. The van der Waals surface area contributed by atoms with Gasteiger partial charge >= 0.3 is 0 Å². The van der Waals surface area contributed by atoms with Crippen LogP contribution in [0.5, 0.6) is 5.75 Å². The van der Waals surface area contributed by atoms with Crippen LogP contribution in [-0.4, -0.2) is 27.8 Å². The zero-order valence-corrected chi connectivity index (χ0v) is 12.4. The average Bonchev–Trinajstić information content (AvgIpc) is 2.80. The van der Waals surface area contributed by atoms with Gasteiger partial charge in [-0.05, 0) is 40.0 Å². The molecule has 0 spiro atoms. The molecule has 0 fully saturated rings. The fraction of sp³-hybridized carbons (Fsp3) is 0.267. The van der Waals surface area contributed by atoms with Gasteiger partial charge in [-0.3, -0.25) is 4.98 Å². The number of aromatic nitrogens is 1. The molecule has 1 atom stereocenters. The Bertz CT molecular complexity index is 633. The summed E-state index contributed by atoms with van der Waals surface area (Å²) in [7, 11) is 0. The first-order valence-electron chi connectivity index (χ1n) is 6.48. The van der Waals surface area contributed by atoms with Crippen molar-refractivity contribution in [2.45, 2.75) is 19.0 Å². The van der Waals surface area contributed by atoms with Crippen LogP contribution in [0.2, 0.25) is 0 Å². The van der Waals surface area contributed by atoms with Crippen molar-refractivity contribution in [1.82, 2.24) is 4.98 Å². The fourth-order valence-corrected chi connectivity index (χ4v) is 2.96.